The third-order valence-electron chi connectivity index (χ3n) is 6.98. The van der Waals surface area contributed by atoms with Crippen molar-refractivity contribution in [1.29, 1.82) is 0 Å². The Balaban J connectivity index is 1.72. The summed E-state index contributed by atoms with van der Waals surface area (Å²) in [5.41, 5.74) is 3.55. The molecule has 0 unspecified atom stereocenters. The highest BCUT2D eigenvalue weighted by Gasteiger charge is 2.37. The predicted octanol–water partition coefficient (Wildman–Crippen LogP) is 6.67. The van der Waals surface area contributed by atoms with Crippen LogP contribution in [0.4, 0.5) is 24.7 Å². The van der Waals surface area contributed by atoms with Crippen LogP contribution in [0.5, 0.6) is 5.75 Å². The lowest BCUT2D eigenvalue weighted by Gasteiger charge is -2.36. The Morgan fingerprint density at radius 2 is 1.70 bits per heavy atom. The summed E-state index contributed by atoms with van der Waals surface area (Å²) in [6.07, 6.45) is 0.744. The molecule has 4 aromatic rings. The van der Waals surface area contributed by atoms with E-state index in [9.17, 15) is 13.2 Å². The Hall–Kier alpha value is -3.71. The summed E-state index contributed by atoms with van der Waals surface area (Å²) in [7, 11) is -2.01. The summed E-state index contributed by atoms with van der Waals surface area (Å²) in [6, 6.07) is 7.90. The zero-order valence-corrected chi connectivity index (χ0v) is 24.7. The third kappa shape index (κ3) is 6.88. The maximum atomic E-state index is 12.7. The highest BCUT2D eigenvalue weighted by molar-refractivity contribution is 6.74. The van der Waals surface area contributed by atoms with Crippen LogP contribution in [-0.2, 0) is 10.8 Å². The molecule has 0 atom stereocenters. The fourth-order valence-corrected chi connectivity index (χ4v) is 4.90. The first-order valence-corrected chi connectivity index (χ1v) is 15.7. The molecule has 0 saturated carbocycles. The van der Waals surface area contributed by atoms with Crippen LogP contribution in [-0.4, -0.2) is 51.0 Å². The van der Waals surface area contributed by atoms with Crippen LogP contribution in [0.2, 0.25) is 18.1 Å². The average Bonchev–Trinajstić information content (AvgIpc) is 3.52. The molecule has 3 aromatic heterocycles. The number of rotatable bonds is 9. The summed E-state index contributed by atoms with van der Waals surface area (Å²) in [6.45, 7) is 15.0. The molecule has 0 aliphatic heterocycles. The second-order valence-corrected chi connectivity index (χ2v) is 15.9. The molecule has 214 valence electrons. The normalized spacial score (nSPS) is 12.6. The Labute approximate surface area is 232 Å². The molecule has 0 radical (unpaired) electrons. The van der Waals surface area contributed by atoms with Gasteiger partial charge in [-0.2, -0.15) is 10.2 Å². The van der Waals surface area contributed by atoms with Gasteiger partial charge in [-0.05, 0) is 61.8 Å². The lowest BCUT2D eigenvalue weighted by Crippen LogP contribution is -2.41. The van der Waals surface area contributed by atoms with Crippen LogP contribution in [0.25, 0.3) is 11.5 Å². The van der Waals surface area contributed by atoms with E-state index in [0.29, 0.717) is 35.9 Å². The lowest BCUT2D eigenvalue weighted by atomic mass is 10.1. The van der Waals surface area contributed by atoms with Gasteiger partial charge in [-0.3, -0.25) is 0 Å². The number of aromatic nitrogens is 6. The number of anilines is 2. The molecule has 0 saturated heterocycles. The quantitative estimate of drug-likeness (QED) is 0.224. The molecule has 0 fully saturated rings. The van der Waals surface area contributed by atoms with Gasteiger partial charge in [0, 0.05) is 42.2 Å². The number of hydrogen-bond donors (Lipinski definition) is 1. The van der Waals surface area contributed by atoms with Crippen LogP contribution >= 0.6 is 0 Å². The monoisotopic (exact) mass is 573 g/mol. The van der Waals surface area contributed by atoms with E-state index in [1.165, 1.54) is 16.9 Å². The number of nitrogens with zero attached hydrogens (tertiary/aromatic N) is 6. The fraction of sp³-hybridized carbons (Fsp3) is 0.407. The van der Waals surface area contributed by atoms with Gasteiger partial charge in [-0.15, -0.1) is 23.1 Å². The molecule has 9 nitrogen and oxygen atoms in total. The number of benzene rings is 1. The predicted molar refractivity (Wildman–Crippen MR) is 149 cm³/mol. The summed E-state index contributed by atoms with van der Waals surface area (Å²) in [5, 5.41) is 16.4. The van der Waals surface area contributed by atoms with Crippen LogP contribution in [0.1, 0.15) is 37.6 Å². The lowest BCUT2D eigenvalue weighted by molar-refractivity contribution is -0.274. The molecular formula is C27H34F3N7O2Si. The van der Waals surface area contributed by atoms with Crippen molar-refractivity contribution in [3.63, 3.8) is 0 Å². The van der Waals surface area contributed by atoms with Gasteiger partial charge in [0.25, 0.3) is 0 Å². The first-order valence-electron chi connectivity index (χ1n) is 12.8. The Bertz CT molecular complexity index is 1460. The van der Waals surface area contributed by atoms with Crippen molar-refractivity contribution in [3.8, 4) is 17.3 Å². The molecule has 0 amide bonds. The van der Waals surface area contributed by atoms with Gasteiger partial charge in [0.2, 0.25) is 0 Å². The van der Waals surface area contributed by atoms with E-state index in [0.717, 1.165) is 16.9 Å². The van der Waals surface area contributed by atoms with E-state index in [1.807, 2.05) is 25.3 Å². The van der Waals surface area contributed by atoms with Crippen molar-refractivity contribution in [2.24, 2.45) is 0 Å². The number of nitrogens with one attached hydrogen (secondary N) is 1. The maximum absolute atomic E-state index is 12.7. The van der Waals surface area contributed by atoms with Crippen molar-refractivity contribution < 1.29 is 22.3 Å². The molecule has 13 heteroatoms. The van der Waals surface area contributed by atoms with E-state index in [4.69, 9.17) is 9.41 Å². The van der Waals surface area contributed by atoms with Crippen molar-refractivity contribution in [3.05, 3.63) is 65.7 Å². The molecule has 40 heavy (non-hydrogen) atoms. The number of aryl methyl sites for hydroxylation is 2. The minimum absolute atomic E-state index is 0.0490. The van der Waals surface area contributed by atoms with Crippen LogP contribution in [0, 0.1) is 13.8 Å². The van der Waals surface area contributed by atoms with E-state index >= 15 is 0 Å². The molecule has 0 spiro atoms. The van der Waals surface area contributed by atoms with Crippen molar-refractivity contribution in [2.45, 2.75) is 65.5 Å². The SMILES string of the molecule is Cc1cc(-n2ccc(-n3nccn3)n2)c(CCO[Si](C)(C)C(C)(C)C)c(Nc2ccc(OC(F)(F)F)cc2C)n1. The second-order valence-electron chi connectivity index (χ2n) is 11.1. The maximum Gasteiger partial charge on any atom is 0.573 e. The van der Waals surface area contributed by atoms with Gasteiger partial charge in [0.1, 0.15) is 11.6 Å². The van der Waals surface area contributed by atoms with Crippen LogP contribution < -0.4 is 10.1 Å². The molecule has 0 aliphatic rings. The summed E-state index contributed by atoms with van der Waals surface area (Å²) in [5.74, 6) is 0.831. The van der Waals surface area contributed by atoms with Crippen LogP contribution in [0.3, 0.4) is 0 Å². The van der Waals surface area contributed by atoms with Gasteiger partial charge in [0.05, 0.1) is 18.1 Å². The second kappa shape index (κ2) is 11.0. The van der Waals surface area contributed by atoms with Gasteiger partial charge < -0.3 is 14.5 Å². The Kier molecular flexibility index (Phi) is 8.08. The Morgan fingerprint density at radius 3 is 2.33 bits per heavy atom. The summed E-state index contributed by atoms with van der Waals surface area (Å²) < 4.78 is 50.4. The third-order valence-corrected chi connectivity index (χ3v) is 11.5. The number of ether oxygens (including phenoxy) is 1. The first kappa shape index (κ1) is 29.3. The van der Waals surface area contributed by atoms with E-state index < -0.39 is 14.7 Å². The highest BCUT2D eigenvalue weighted by atomic mass is 28.4. The van der Waals surface area contributed by atoms with E-state index in [2.05, 4.69) is 59.2 Å². The van der Waals surface area contributed by atoms with Crippen LogP contribution in [0.15, 0.2) is 48.9 Å². The molecule has 4 rings (SSSR count). The Morgan fingerprint density at radius 1 is 1.00 bits per heavy atom. The smallest absolute Gasteiger partial charge is 0.416 e. The number of halogens is 3. The molecule has 1 aromatic carbocycles. The summed E-state index contributed by atoms with van der Waals surface area (Å²) in [4.78, 5) is 6.19. The van der Waals surface area contributed by atoms with E-state index in [-0.39, 0.29) is 10.8 Å². The standard InChI is InChI=1S/C27H34F3N7O2Si/c1-18-16-20(39-27(28,29)30)8-9-22(18)34-25-21(11-15-38-40(6,7)26(3,4)5)23(17-19(2)33-25)36-14-10-24(35-36)37-31-12-13-32-37/h8-10,12-14,16-17H,11,15H2,1-7H3,(H,33,34). The topological polar surface area (TPSA) is 91.9 Å². The van der Waals surface area contributed by atoms with Gasteiger partial charge >= 0.3 is 6.36 Å². The number of pyridine rings is 1. The molecule has 1 N–H and O–H groups in total. The van der Waals surface area contributed by atoms with Crippen molar-refractivity contribution >= 4 is 19.8 Å². The van der Waals surface area contributed by atoms with Gasteiger partial charge in [-0.25, -0.2) is 9.67 Å². The molecule has 0 aliphatic carbocycles. The van der Waals surface area contributed by atoms with Crippen molar-refractivity contribution in [1.82, 2.24) is 29.8 Å². The number of hydrogen-bond acceptors (Lipinski definition) is 7. The highest BCUT2D eigenvalue weighted by Crippen LogP contribution is 2.37. The van der Waals surface area contributed by atoms with Crippen molar-refractivity contribution in [2.75, 3.05) is 11.9 Å². The fourth-order valence-electron chi connectivity index (χ4n) is 3.85. The zero-order chi connectivity index (χ0) is 29.3. The largest absolute Gasteiger partial charge is 0.573 e. The first-order chi connectivity index (χ1) is 18.6. The van der Waals surface area contributed by atoms with Gasteiger partial charge in [0.15, 0.2) is 14.1 Å². The summed E-state index contributed by atoms with van der Waals surface area (Å²) >= 11 is 0. The minimum atomic E-state index is -4.76. The van der Waals surface area contributed by atoms with E-state index in [1.54, 1.807) is 30.1 Å². The molecule has 0 bridgehead atoms. The van der Waals surface area contributed by atoms with Gasteiger partial charge in [-0.1, -0.05) is 20.8 Å². The minimum Gasteiger partial charge on any atom is -0.416 e. The zero-order valence-electron chi connectivity index (χ0n) is 23.7. The number of alkyl halides is 3. The molecular weight excluding hydrogens is 539 g/mol. The average molecular weight is 574 g/mol. The molecule has 3 heterocycles.